The predicted molar refractivity (Wildman–Crippen MR) is 61.3 cm³/mol. The van der Waals surface area contributed by atoms with Crippen LogP contribution in [-0.4, -0.2) is 32.9 Å². The third-order valence-corrected chi connectivity index (χ3v) is 3.49. The number of halogens is 1. The summed E-state index contributed by atoms with van der Waals surface area (Å²) in [5.41, 5.74) is 0.905. The van der Waals surface area contributed by atoms with E-state index in [1.54, 1.807) is 24.3 Å². The predicted octanol–water partition coefficient (Wildman–Crippen LogP) is 0.942. The van der Waals surface area contributed by atoms with E-state index in [4.69, 9.17) is 21.8 Å². The van der Waals surface area contributed by atoms with Gasteiger partial charge < -0.3 is 10.2 Å². The van der Waals surface area contributed by atoms with Crippen LogP contribution in [0.4, 0.5) is 0 Å². The first-order valence-corrected chi connectivity index (χ1v) is 6.36. The van der Waals surface area contributed by atoms with Gasteiger partial charge in [-0.15, -0.1) is 0 Å². The van der Waals surface area contributed by atoms with Gasteiger partial charge in [0, 0.05) is 21.6 Å². The van der Waals surface area contributed by atoms with Crippen molar-refractivity contribution in [3.05, 3.63) is 34.9 Å². The van der Waals surface area contributed by atoms with E-state index in [2.05, 4.69) is 0 Å². The molecule has 2 atom stereocenters. The molecule has 0 heterocycles. The van der Waals surface area contributed by atoms with Crippen LogP contribution in [0.5, 0.6) is 0 Å². The lowest BCUT2D eigenvalue weighted by atomic mass is 10.2. The lowest BCUT2D eigenvalue weighted by Crippen LogP contribution is -2.21. The Bertz CT molecular complexity index is 326. The maximum Gasteiger partial charge on any atom is 0.0885 e. The molecule has 1 aromatic carbocycles. The summed E-state index contributed by atoms with van der Waals surface area (Å²) in [5, 5.41) is 18.3. The normalized spacial score (nSPS) is 14.9. The lowest BCUT2D eigenvalue weighted by molar-refractivity contribution is 0.113. The standard InChI is InChI=1S/C10H13ClO3S/c11-9-3-1-8(2-4-9)6-15(14)7-10(13)5-12/h1-4,10,12-13H,5-7H2/t10-,15-/m1/s1. The lowest BCUT2D eigenvalue weighted by Gasteiger charge is -2.06. The van der Waals surface area contributed by atoms with Gasteiger partial charge in [-0.25, -0.2) is 0 Å². The summed E-state index contributed by atoms with van der Waals surface area (Å²) in [6.45, 7) is -0.355. The molecule has 0 bridgehead atoms. The van der Waals surface area contributed by atoms with Gasteiger partial charge in [0.2, 0.25) is 0 Å². The smallest absolute Gasteiger partial charge is 0.0885 e. The SMILES string of the molecule is O=[S@](Cc1ccc(Cl)cc1)C[C@H](O)CO. The minimum Gasteiger partial charge on any atom is -0.394 e. The number of aliphatic hydroxyl groups excluding tert-OH is 2. The number of hydrogen-bond donors (Lipinski definition) is 2. The largest absolute Gasteiger partial charge is 0.394 e. The number of aliphatic hydroxyl groups is 2. The molecule has 0 aliphatic heterocycles. The molecule has 0 radical (unpaired) electrons. The van der Waals surface area contributed by atoms with Crippen molar-refractivity contribution < 1.29 is 14.4 Å². The van der Waals surface area contributed by atoms with Crippen molar-refractivity contribution in [2.75, 3.05) is 12.4 Å². The van der Waals surface area contributed by atoms with Gasteiger partial charge in [0.05, 0.1) is 18.5 Å². The topological polar surface area (TPSA) is 57.5 Å². The molecule has 0 unspecified atom stereocenters. The van der Waals surface area contributed by atoms with Gasteiger partial charge in [-0.2, -0.15) is 0 Å². The fourth-order valence-electron chi connectivity index (χ4n) is 1.09. The van der Waals surface area contributed by atoms with Crippen LogP contribution >= 0.6 is 11.6 Å². The first-order chi connectivity index (χ1) is 7.11. The fraction of sp³-hybridized carbons (Fsp3) is 0.400. The second kappa shape index (κ2) is 6.23. The van der Waals surface area contributed by atoms with E-state index in [-0.39, 0.29) is 12.4 Å². The van der Waals surface area contributed by atoms with E-state index in [1.165, 1.54) is 0 Å². The molecular weight excluding hydrogens is 236 g/mol. The molecule has 0 aromatic heterocycles. The quantitative estimate of drug-likeness (QED) is 0.816. The van der Waals surface area contributed by atoms with Crippen molar-refractivity contribution in [2.24, 2.45) is 0 Å². The Balaban J connectivity index is 2.48. The van der Waals surface area contributed by atoms with Crippen molar-refractivity contribution in [3.8, 4) is 0 Å². The maximum absolute atomic E-state index is 11.5. The van der Waals surface area contributed by atoms with E-state index >= 15 is 0 Å². The molecule has 15 heavy (non-hydrogen) atoms. The van der Waals surface area contributed by atoms with E-state index in [0.717, 1.165) is 5.56 Å². The van der Waals surface area contributed by atoms with Gasteiger partial charge in [-0.1, -0.05) is 23.7 Å². The molecule has 84 valence electrons. The van der Waals surface area contributed by atoms with Crippen LogP contribution in [0.15, 0.2) is 24.3 Å². The van der Waals surface area contributed by atoms with Crippen molar-refractivity contribution in [3.63, 3.8) is 0 Å². The number of rotatable bonds is 5. The summed E-state index contributed by atoms with van der Waals surface area (Å²) >= 11 is 5.71. The maximum atomic E-state index is 11.5. The summed E-state index contributed by atoms with van der Waals surface area (Å²) in [7, 11) is -1.16. The van der Waals surface area contributed by atoms with E-state index in [0.29, 0.717) is 10.8 Å². The molecular formula is C10H13ClO3S. The summed E-state index contributed by atoms with van der Waals surface area (Å²) in [6, 6.07) is 7.06. The summed E-state index contributed by atoms with van der Waals surface area (Å²) in [6.07, 6.45) is -0.905. The van der Waals surface area contributed by atoms with E-state index < -0.39 is 16.9 Å². The van der Waals surface area contributed by atoms with Crippen LogP contribution < -0.4 is 0 Å². The van der Waals surface area contributed by atoms with Gasteiger partial charge in [-0.3, -0.25) is 4.21 Å². The Morgan fingerprint density at radius 1 is 1.33 bits per heavy atom. The van der Waals surface area contributed by atoms with Gasteiger partial charge in [0.25, 0.3) is 0 Å². The molecule has 0 saturated heterocycles. The summed E-state index contributed by atoms with van der Waals surface area (Å²) in [4.78, 5) is 0. The monoisotopic (exact) mass is 248 g/mol. The highest BCUT2D eigenvalue weighted by atomic mass is 35.5. The third kappa shape index (κ3) is 4.75. The molecule has 5 heteroatoms. The molecule has 0 spiro atoms. The molecule has 2 N–H and O–H groups in total. The Hall–Kier alpha value is -0.420. The number of hydrogen-bond acceptors (Lipinski definition) is 3. The molecule has 0 saturated carbocycles. The zero-order valence-corrected chi connectivity index (χ0v) is 9.67. The Morgan fingerprint density at radius 2 is 1.93 bits per heavy atom. The first-order valence-electron chi connectivity index (χ1n) is 4.50. The zero-order chi connectivity index (χ0) is 11.3. The van der Waals surface area contributed by atoms with Crippen LogP contribution in [0, 0.1) is 0 Å². The molecule has 1 rings (SSSR count). The molecule has 0 fully saturated rings. The van der Waals surface area contributed by atoms with Crippen LogP contribution in [0.25, 0.3) is 0 Å². The Labute approximate surface area is 96.2 Å². The van der Waals surface area contributed by atoms with Crippen LogP contribution in [0.3, 0.4) is 0 Å². The van der Waals surface area contributed by atoms with Crippen LogP contribution in [0.1, 0.15) is 5.56 Å². The van der Waals surface area contributed by atoms with Crippen molar-refractivity contribution in [2.45, 2.75) is 11.9 Å². The van der Waals surface area contributed by atoms with Crippen molar-refractivity contribution >= 4 is 22.4 Å². The first kappa shape index (κ1) is 12.6. The highest BCUT2D eigenvalue weighted by molar-refractivity contribution is 7.84. The van der Waals surface area contributed by atoms with Crippen molar-refractivity contribution in [1.29, 1.82) is 0 Å². The average molecular weight is 249 g/mol. The Morgan fingerprint density at radius 3 is 2.47 bits per heavy atom. The van der Waals surface area contributed by atoms with E-state index in [9.17, 15) is 4.21 Å². The number of benzene rings is 1. The summed E-state index contributed by atoms with van der Waals surface area (Å²) < 4.78 is 11.5. The van der Waals surface area contributed by atoms with Crippen molar-refractivity contribution in [1.82, 2.24) is 0 Å². The highest BCUT2D eigenvalue weighted by Gasteiger charge is 2.08. The van der Waals surface area contributed by atoms with Gasteiger partial charge >= 0.3 is 0 Å². The van der Waals surface area contributed by atoms with Crippen LogP contribution in [0.2, 0.25) is 5.02 Å². The van der Waals surface area contributed by atoms with E-state index in [1.807, 2.05) is 0 Å². The fourth-order valence-corrected chi connectivity index (χ4v) is 2.44. The molecule has 3 nitrogen and oxygen atoms in total. The molecule has 0 aliphatic rings. The van der Waals surface area contributed by atoms with Gasteiger partial charge in [-0.05, 0) is 17.7 Å². The second-order valence-electron chi connectivity index (χ2n) is 3.21. The van der Waals surface area contributed by atoms with Gasteiger partial charge in [0.1, 0.15) is 0 Å². The second-order valence-corrected chi connectivity index (χ2v) is 5.15. The molecule has 0 amide bonds. The average Bonchev–Trinajstić information content (AvgIpc) is 2.21. The third-order valence-electron chi connectivity index (χ3n) is 1.83. The van der Waals surface area contributed by atoms with Gasteiger partial charge in [0.15, 0.2) is 0 Å². The molecule has 0 aliphatic carbocycles. The summed E-state index contributed by atoms with van der Waals surface area (Å²) in [5.74, 6) is 0.466. The highest BCUT2D eigenvalue weighted by Crippen LogP contribution is 2.11. The van der Waals surface area contributed by atoms with Crippen LogP contribution in [-0.2, 0) is 16.6 Å². The Kier molecular flexibility index (Phi) is 5.25. The molecule has 1 aromatic rings. The zero-order valence-electron chi connectivity index (χ0n) is 8.10. The minimum atomic E-state index is -1.16. The minimum absolute atomic E-state index is 0.0964.